The Morgan fingerprint density at radius 2 is 1.61 bits per heavy atom. The standard InChI is InChI=1S/C25H29N3O5/c26-23(30)22(19-12-7-13-20(29)15-19)28-24(31)21(14-17-8-3-1-4-9-17)27-25(32)33-16-18-10-5-2-6-11-18/h1-6,8-11,19,21-22H,7,12-16H2,(H2,26,30)(H,27,32)(H,28,31)/t19-,21-,22-/m0/s1. The van der Waals surface area contributed by atoms with Crippen LogP contribution in [0.4, 0.5) is 4.79 Å². The maximum atomic E-state index is 13.1. The molecule has 3 amide bonds. The fourth-order valence-electron chi connectivity index (χ4n) is 3.98. The summed E-state index contributed by atoms with van der Waals surface area (Å²) in [6.45, 7) is 0.0560. The molecule has 4 N–H and O–H groups in total. The number of ether oxygens (including phenoxy) is 1. The maximum Gasteiger partial charge on any atom is 0.408 e. The Morgan fingerprint density at radius 3 is 2.21 bits per heavy atom. The highest BCUT2D eigenvalue weighted by Gasteiger charge is 2.34. The Hall–Kier alpha value is -3.68. The van der Waals surface area contributed by atoms with Gasteiger partial charge in [-0.25, -0.2) is 4.79 Å². The predicted molar refractivity (Wildman–Crippen MR) is 122 cm³/mol. The number of Topliss-reactive ketones (excluding diaryl/α,β-unsaturated/α-hetero) is 1. The third kappa shape index (κ3) is 7.45. The number of hydrogen-bond donors (Lipinski definition) is 3. The zero-order valence-electron chi connectivity index (χ0n) is 18.4. The molecule has 0 aliphatic heterocycles. The molecule has 0 aromatic heterocycles. The Kier molecular flexibility index (Phi) is 8.57. The number of ketones is 1. The van der Waals surface area contributed by atoms with E-state index in [0.717, 1.165) is 11.1 Å². The van der Waals surface area contributed by atoms with Crippen molar-refractivity contribution in [1.29, 1.82) is 0 Å². The molecule has 0 saturated heterocycles. The fraction of sp³-hybridized carbons (Fsp3) is 0.360. The van der Waals surface area contributed by atoms with Crippen molar-refractivity contribution in [3.05, 3.63) is 71.8 Å². The maximum absolute atomic E-state index is 13.1. The van der Waals surface area contributed by atoms with Gasteiger partial charge in [0.1, 0.15) is 24.5 Å². The van der Waals surface area contributed by atoms with Crippen molar-refractivity contribution >= 4 is 23.7 Å². The van der Waals surface area contributed by atoms with E-state index in [9.17, 15) is 19.2 Å². The van der Waals surface area contributed by atoms with Crippen LogP contribution in [0, 0.1) is 5.92 Å². The van der Waals surface area contributed by atoms with E-state index in [-0.39, 0.29) is 31.1 Å². The summed E-state index contributed by atoms with van der Waals surface area (Å²) < 4.78 is 5.26. The van der Waals surface area contributed by atoms with Crippen LogP contribution in [0.1, 0.15) is 36.8 Å². The van der Waals surface area contributed by atoms with Gasteiger partial charge in [-0.3, -0.25) is 14.4 Å². The molecule has 0 bridgehead atoms. The molecule has 33 heavy (non-hydrogen) atoms. The number of hydrogen-bond acceptors (Lipinski definition) is 5. The molecule has 1 aliphatic carbocycles. The van der Waals surface area contributed by atoms with Gasteiger partial charge >= 0.3 is 6.09 Å². The zero-order chi connectivity index (χ0) is 23.6. The largest absolute Gasteiger partial charge is 0.445 e. The first-order chi connectivity index (χ1) is 15.9. The fourth-order valence-corrected chi connectivity index (χ4v) is 3.98. The minimum absolute atomic E-state index is 0.0511. The van der Waals surface area contributed by atoms with Crippen LogP contribution in [0.15, 0.2) is 60.7 Å². The first-order valence-electron chi connectivity index (χ1n) is 11.0. The number of nitrogens with one attached hydrogen (secondary N) is 2. The van der Waals surface area contributed by atoms with Gasteiger partial charge in [0.15, 0.2) is 0 Å². The molecule has 8 heteroatoms. The molecule has 3 atom stereocenters. The van der Waals surface area contributed by atoms with E-state index >= 15 is 0 Å². The molecule has 174 valence electrons. The van der Waals surface area contributed by atoms with Crippen LogP contribution in [0.5, 0.6) is 0 Å². The number of alkyl carbamates (subject to hydrolysis) is 1. The lowest BCUT2D eigenvalue weighted by Crippen LogP contribution is -2.56. The van der Waals surface area contributed by atoms with E-state index < -0.39 is 30.0 Å². The molecular formula is C25H29N3O5. The molecular weight excluding hydrogens is 422 g/mol. The van der Waals surface area contributed by atoms with Crippen LogP contribution in [0.3, 0.4) is 0 Å². The van der Waals surface area contributed by atoms with E-state index in [1.807, 2.05) is 60.7 Å². The number of rotatable bonds is 9. The van der Waals surface area contributed by atoms with Gasteiger partial charge in [-0.1, -0.05) is 60.7 Å². The lowest BCUT2D eigenvalue weighted by atomic mass is 9.82. The number of carbonyl (C=O) groups excluding carboxylic acids is 4. The average Bonchev–Trinajstić information content (AvgIpc) is 2.82. The number of primary amides is 1. The van der Waals surface area contributed by atoms with Gasteiger partial charge < -0.3 is 21.1 Å². The van der Waals surface area contributed by atoms with Crippen molar-refractivity contribution in [3.8, 4) is 0 Å². The molecule has 1 saturated carbocycles. The van der Waals surface area contributed by atoms with Crippen molar-refractivity contribution in [3.63, 3.8) is 0 Å². The number of nitrogens with two attached hydrogens (primary N) is 1. The monoisotopic (exact) mass is 451 g/mol. The molecule has 0 spiro atoms. The van der Waals surface area contributed by atoms with Gasteiger partial charge in [0.05, 0.1) is 0 Å². The normalized spacial score (nSPS) is 17.5. The second kappa shape index (κ2) is 11.8. The van der Waals surface area contributed by atoms with Crippen molar-refractivity contribution in [1.82, 2.24) is 10.6 Å². The molecule has 2 aromatic carbocycles. The summed E-state index contributed by atoms with van der Waals surface area (Å²) in [6, 6.07) is 16.4. The van der Waals surface area contributed by atoms with Crippen LogP contribution in [0.2, 0.25) is 0 Å². The lowest BCUT2D eigenvalue weighted by Gasteiger charge is -2.29. The van der Waals surface area contributed by atoms with Crippen molar-refractivity contribution in [2.45, 2.75) is 50.8 Å². The Bertz CT molecular complexity index is 965. The van der Waals surface area contributed by atoms with Gasteiger partial charge in [0, 0.05) is 19.3 Å². The predicted octanol–water partition coefficient (Wildman–Crippen LogP) is 2.25. The smallest absolute Gasteiger partial charge is 0.408 e. The third-order valence-electron chi connectivity index (χ3n) is 5.70. The van der Waals surface area contributed by atoms with E-state index in [0.29, 0.717) is 19.3 Å². The third-order valence-corrected chi connectivity index (χ3v) is 5.70. The summed E-state index contributed by atoms with van der Waals surface area (Å²) >= 11 is 0. The highest BCUT2D eigenvalue weighted by molar-refractivity contribution is 5.91. The molecule has 0 radical (unpaired) electrons. The minimum atomic E-state index is -0.989. The number of amides is 3. The van der Waals surface area contributed by atoms with Crippen molar-refractivity contribution < 1.29 is 23.9 Å². The summed E-state index contributed by atoms with van der Waals surface area (Å²) in [7, 11) is 0. The highest BCUT2D eigenvalue weighted by Crippen LogP contribution is 2.24. The van der Waals surface area contributed by atoms with Gasteiger partial charge in [-0.2, -0.15) is 0 Å². The molecule has 0 unspecified atom stereocenters. The Balaban J connectivity index is 1.68. The topological polar surface area (TPSA) is 128 Å². The van der Waals surface area contributed by atoms with Gasteiger partial charge in [-0.05, 0) is 29.9 Å². The summed E-state index contributed by atoms with van der Waals surface area (Å²) in [5, 5.41) is 5.27. The molecule has 2 aromatic rings. The SMILES string of the molecule is NC(=O)[C@@H](NC(=O)[C@H](Cc1ccccc1)NC(=O)OCc1ccccc1)[C@H]1CCCC(=O)C1. The molecule has 3 rings (SSSR count). The second-order valence-electron chi connectivity index (χ2n) is 8.23. The quantitative estimate of drug-likeness (QED) is 0.539. The second-order valence-corrected chi connectivity index (χ2v) is 8.23. The van der Waals surface area contributed by atoms with E-state index in [2.05, 4.69) is 10.6 Å². The van der Waals surface area contributed by atoms with Crippen LogP contribution >= 0.6 is 0 Å². The molecule has 0 heterocycles. The number of carbonyl (C=O) groups is 4. The van der Waals surface area contributed by atoms with Crippen LogP contribution in [-0.4, -0.2) is 35.8 Å². The Labute approximate surface area is 192 Å². The Morgan fingerprint density at radius 1 is 0.970 bits per heavy atom. The average molecular weight is 452 g/mol. The first kappa shape index (κ1) is 24.0. The molecule has 1 fully saturated rings. The van der Waals surface area contributed by atoms with Crippen LogP contribution in [-0.2, 0) is 32.1 Å². The summed E-state index contributed by atoms with van der Waals surface area (Å²) in [4.78, 5) is 49.5. The van der Waals surface area contributed by atoms with Crippen molar-refractivity contribution in [2.24, 2.45) is 11.7 Å². The van der Waals surface area contributed by atoms with Crippen molar-refractivity contribution in [2.75, 3.05) is 0 Å². The van der Waals surface area contributed by atoms with Crippen LogP contribution < -0.4 is 16.4 Å². The molecule has 8 nitrogen and oxygen atoms in total. The van der Waals surface area contributed by atoms with E-state index in [1.54, 1.807) is 0 Å². The lowest BCUT2D eigenvalue weighted by molar-refractivity contribution is -0.131. The van der Waals surface area contributed by atoms with Gasteiger partial charge in [0.25, 0.3) is 0 Å². The summed E-state index contributed by atoms with van der Waals surface area (Å²) in [5.41, 5.74) is 7.19. The first-order valence-corrected chi connectivity index (χ1v) is 11.0. The van der Waals surface area contributed by atoms with Gasteiger partial charge in [-0.15, -0.1) is 0 Å². The zero-order valence-corrected chi connectivity index (χ0v) is 18.4. The van der Waals surface area contributed by atoms with E-state index in [1.165, 1.54) is 0 Å². The summed E-state index contributed by atoms with van der Waals surface area (Å²) in [6.07, 6.45) is 1.39. The minimum Gasteiger partial charge on any atom is -0.445 e. The van der Waals surface area contributed by atoms with Gasteiger partial charge in [0.2, 0.25) is 11.8 Å². The highest BCUT2D eigenvalue weighted by atomic mass is 16.5. The summed E-state index contributed by atoms with van der Waals surface area (Å²) in [5.74, 6) is -1.56. The molecule has 1 aliphatic rings. The van der Waals surface area contributed by atoms with Crippen LogP contribution in [0.25, 0.3) is 0 Å². The van der Waals surface area contributed by atoms with E-state index in [4.69, 9.17) is 10.5 Å². The number of benzene rings is 2.